The Kier molecular flexibility index (Phi) is 3.41. The highest BCUT2D eigenvalue weighted by molar-refractivity contribution is 5.77. The Morgan fingerprint density at radius 2 is 1.00 bits per heavy atom. The SMILES string of the molecule is CC1(C)c2cnc(-c3ccccc3)nc2-c2nc(-c3ccccc3)ncc21. The van der Waals surface area contributed by atoms with Crippen molar-refractivity contribution in [2.45, 2.75) is 19.3 Å². The van der Waals surface area contributed by atoms with E-state index in [2.05, 4.69) is 23.8 Å². The number of hydrogen-bond donors (Lipinski definition) is 0. The molecule has 5 rings (SSSR count). The van der Waals surface area contributed by atoms with Crippen LogP contribution in [0.25, 0.3) is 34.2 Å². The van der Waals surface area contributed by atoms with Crippen LogP contribution >= 0.6 is 0 Å². The summed E-state index contributed by atoms with van der Waals surface area (Å²) in [5, 5.41) is 0. The van der Waals surface area contributed by atoms with E-state index in [9.17, 15) is 0 Å². The fraction of sp³-hybridized carbons (Fsp3) is 0.130. The molecule has 4 nitrogen and oxygen atoms in total. The number of fused-ring (bicyclic) bond motifs is 3. The van der Waals surface area contributed by atoms with Crippen molar-refractivity contribution < 1.29 is 0 Å². The Balaban J connectivity index is 1.71. The van der Waals surface area contributed by atoms with E-state index in [0.717, 1.165) is 45.3 Å². The number of benzene rings is 2. The summed E-state index contributed by atoms with van der Waals surface area (Å²) in [6.07, 6.45) is 3.88. The van der Waals surface area contributed by atoms with Gasteiger partial charge in [-0.15, -0.1) is 0 Å². The van der Waals surface area contributed by atoms with Gasteiger partial charge in [0.05, 0.1) is 11.4 Å². The molecule has 2 aromatic heterocycles. The Bertz CT molecular complexity index is 1040. The van der Waals surface area contributed by atoms with Crippen LogP contribution in [0.15, 0.2) is 73.1 Å². The Morgan fingerprint density at radius 3 is 1.41 bits per heavy atom. The zero-order valence-corrected chi connectivity index (χ0v) is 15.2. The lowest BCUT2D eigenvalue weighted by Crippen LogP contribution is -2.16. The largest absolute Gasteiger partial charge is 0.236 e. The smallest absolute Gasteiger partial charge is 0.159 e. The van der Waals surface area contributed by atoms with Gasteiger partial charge in [-0.1, -0.05) is 74.5 Å². The second-order valence-corrected chi connectivity index (χ2v) is 7.27. The van der Waals surface area contributed by atoms with E-state index < -0.39 is 0 Å². The Hall–Kier alpha value is -3.40. The summed E-state index contributed by atoms with van der Waals surface area (Å²) < 4.78 is 0. The maximum Gasteiger partial charge on any atom is 0.159 e. The molecule has 0 unspecified atom stereocenters. The number of nitrogens with zero attached hydrogens (tertiary/aromatic N) is 4. The quantitative estimate of drug-likeness (QED) is 0.515. The van der Waals surface area contributed by atoms with Crippen molar-refractivity contribution in [1.29, 1.82) is 0 Å². The van der Waals surface area contributed by atoms with Gasteiger partial charge in [-0.25, -0.2) is 19.9 Å². The highest BCUT2D eigenvalue weighted by atomic mass is 15.0. The minimum atomic E-state index is -0.213. The van der Waals surface area contributed by atoms with Gasteiger partial charge in [0.25, 0.3) is 0 Å². The highest BCUT2D eigenvalue weighted by Gasteiger charge is 2.39. The summed E-state index contributed by atoms with van der Waals surface area (Å²) in [5.74, 6) is 1.44. The van der Waals surface area contributed by atoms with E-state index in [-0.39, 0.29) is 5.41 Å². The Labute approximate surface area is 158 Å². The summed E-state index contributed by atoms with van der Waals surface area (Å²) in [7, 11) is 0. The van der Waals surface area contributed by atoms with Crippen LogP contribution in [0.3, 0.4) is 0 Å². The van der Waals surface area contributed by atoms with Crippen LogP contribution in [0.4, 0.5) is 0 Å². The molecule has 130 valence electrons. The predicted molar refractivity (Wildman–Crippen MR) is 106 cm³/mol. The van der Waals surface area contributed by atoms with Crippen molar-refractivity contribution in [3.8, 4) is 34.2 Å². The van der Waals surface area contributed by atoms with Crippen LogP contribution in [-0.2, 0) is 5.41 Å². The summed E-state index contributed by atoms with van der Waals surface area (Å²) in [6, 6.07) is 20.1. The zero-order chi connectivity index (χ0) is 18.4. The van der Waals surface area contributed by atoms with Gasteiger partial charge < -0.3 is 0 Å². The van der Waals surface area contributed by atoms with Gasteiger partial charge >= 0.3 is 0 Å². The standard InChI is InChI=1S/C23H18N4/c1-23(2)17-13-24-21(15-9-5-3-6-10-15)26-19(17)20-18(23)14-25-22(27-20)16-11-7-4-8-12-16/h3-14H,1-2H3. The fourth-order valence-corrected chi connectivity index (χ4v) is 3.64. The molecule has 0 N–H and O–H groups in total. The van der Waals surface area contributed by atoms with Crippen LogP contribution in [-0.4, -0.2) is 19.9 Å². The molecule has 0 saturated carbocycles. The molecule has 0 saturated heterocycles. The molecular weight excluding hydrogens is 332 g/mol. The zero-order valence-electron chi connectivity index (χ0n) is 15.2. The predicted octanol–water partition coefficient (Wildman–Crippen LogP) is 4.91. The average molecular weight is 350 g/mol. The van der Waals surface area contributed by atoms with Gasteiger partial charge in [-0.05, 0) is 0 Å². The molecule has 1 aliphatic carbocycles. The molecule has 0 amide bonds. The van der Waals surface area contributed by atoms with Gasteiger partial charge in [0.1, 0.15) is 0 Å². The topological polar surface area (TPSA) is 51.6 Å². The van der Waals surface area contributed by atoms with Crippen LogP contribution < -0.4 is 0 Å². The van der Waals surface area contributed by atoms with E-state index in [1.807, 2.05) is 73.1 Å². The molecule has 2 heterocycles. The van der Waals surface area contributed by atoms with Crippen LogP contribution in [0.5, 0.6) is 0 Å². The van der Waals surface area contributed by atoms with E-state index >= 15 is 0 Å². The highest BCUT2D eigenvalue weighted by Crippen LogP contribution is 2.46. The first-order valence-electron chi connectivity index (χ1n) is 9.01. The van der Waals surface area contributed by atoms with E-state index in [0.29, 0.717) is 0 Å². The molecule has 4 heteroatoms. The molecular formula is C23H18N4. The third-order valence-corrected chi connectivity index (χ3v) is 5.21. The van der Waals surface area contributed by atoms with Crippen molar-refractivity contribution in [3.63, 3.8) is 0 Å². The normalized spacial score (nSPS) is 13.9. The molecule has 27 heavy (non-hydrogen) atoms. The summed E-state index contributed by atoms with van der Waals surface area (Å²) in [6.45, 7) is 4.35. The lowest BCUT2D eigenvalue weighted by Gasteiger charge is -2.19. The molecule has 0 spiro atoms. The summed E-state index contributed by atoms with van der Waals surface area (Å²) in [4.78, 5) is 19.0. The molecule has 0 atom stereocenters. The molecule has 2 aromatic carbocycles. The minimum Gasteiger partial charge on any atom is -0.236 e. The van der Waals surface area contributed by atoms with Crippen LogP contribution in [0.1, 0.15) is 25.0 Å². The van der Waals surface area contributed by atoms with Crippen molar-refractivity contribution >= 4 is 0 Å². The summed E-state index contributed by atoms with van der Waals surface area (Å²) in [5.41, 5.74) is 5.79. The second-order valence-electron chi connectivity index (χ2n) is 7.27. The first-order chi connectivity index (χ1) is 13.1. The molecule has 1 aliphatic rings. The molecule has 0 fully saturated rings. The van der Waals surface area contributed by atoms with Crippen molar-refractivity contribution in [1.82, 2.24) is 19.9 Å². The van der Waals surface area contributed by atoms with E-state index in [1.54, 1.807) is 0 Å². The Morgan fingerprint density at radius 1 is 0.593 bits per heavy atom. The van der Waals surface area contributed by atoms with Gasteiger partial charge in [0, 0.05) is 40.1 Å². The van der Waals surface area contributed by atoms with Crippen molar-refractivity contribution in [2.75, 3.05) is 0 Å². The van der Waals surface area contributed by atoms with Crippen LogP contribution in [0.2, 0.25) is 0 Å². The molecule has 0 bridgehead atoms. The number of aromatic nitrogens is 4. The van der Waals surface area contributed by atoms with Gasteiger partial charge in [-0.3, -0.25) is 0 Å². The third-order valence-electron chi connectivity index (χ3n) is 5.21. The maximum atomic E-state index is 4.89. The maximum absolute atomic E-state index is 4.89. The number of hydrogen-bond acceptors (Lipinski definition) is 4. The minimum absolute atomic E-state index is 0.213. The lowest BCUT2D eigenvalue weighted by atomic mass is 9.84. The van der Waals surface area contributed by atoms with E-state index in [4.69, 9.17) is 9.97 Å². The summed E-state index contributed by atoms with van der Waals surface area (Å²) >= 11 is 0. The van der Waals surface area contributed by atoms with E-state index in [1.165, 1.54) is 0 Å². The van der Waals surface area contributed by atoms with Crippen LogP contribution in [0, 0.1) is 0 Å². The van der Waals surface area contributed by atoms with Gasteiger partial charge in [0.2, 0.25) is 0 Å². The molecule has 0 radical (unpaired) electrons. The molecule has 4 aromatic rings. The molecule has 0 aliphatic heterocycles. The van der Waals surface area contributed by atoms with Crippen molar-refractivity contribution in [2.24, 2.45) is 0 Å². The third kappa shape index (κ3) is 2.45. The monoisotopic (exact) mass is 350 g/mol. The second kappa shape index (κ2) is 5.81. The van der Waals surface area contributed by atoms with Gasteiger partial charge in [-0.2, -0.15) is 0 Å². The fourth-order valence-electron chi connectivity index (χ4n) is 3.64. The average Bonchev–Trinajstić information content (AvgIpc) is 2.96. The van der Waals surface area contributed by atoms with Gasteiger partial charge in [0.15, 0.2) is 11.6 Å². The first kappa shape index (κ1) is 15.8. The lowest BCUT2D eigenvalue weighted by molar-refractivity contribution is 0.651. The number of rotatable bonds is 2. The first-order valence-corrected chi connectivity index (χ1v) is 9.01. The van der Waals surface area contributed by atoms with Crippen molar-refractivity contribution in [3.05, 3.63) is 84.2 Å².